The number of benzene rings is 2. The van der Waals surface area contributed by atoms with E-state index in [1.165, 1.54) is 6.92 Å². The average molecular weight is 417 g/mol. The lowest BCUT2D eigenvalue weighted by Crippen LogP contribution is -2.43. The molecule has 0 spiro atoms. The van der Waals surface area contributed by atoms with Crippen LogP contribution in [-0.2, 0) is 4.79 Å². The molecule has 2 aromatic rings. The number of ether oxygens (including phenoxy) is 1. The number of nitrogens with zero attached hydrogens (tertiary/aromatic N) is 2. The molecule has 1 aliphatic heterocycles. The molecule has 0 unspecified atom stereocenters. The minimum absolute atomic E-state index is 0.0185. The predicted molar refractivity (Wildman–Crippen MR) is 115 cm³/mol. The minimum Gasteiger partial charge on any atom is -0.481 e. The van der Waals surface area contributed by atoms with Crippen molar-refractivity contribution in [3.8, 4) is 5.75 Å². The van der Waals surface area contributed by atoms with E-state index in [0.29, 0.717) is 27.2 Å². The van der Waals surface area contributed by atoms with E-state index in [4.69, 9.17) is 16.3 Å². The Bertz CT molecular complexity index is 897. The molecule has 28 heavy (non-hydrogen) atoms. The van der Waals surface area contributed by atoms with Crippen LogP contribution in [0.25, 0.3) is 0 Å². The van der Waals surface area contributed by atoms with Gasteiger partial charge in [-0.2, -0.15) is 0 Å². The Morgan fingerprint density at radius 2 is 1.82 bits per heavy atom. The topological polar surface area (TPSA) is 59.0 Å². The van der Waals surface area contributed by atoms with Crippen LogP contribution in [0.15, 0.2) is 53.5 Å². The Morgan fingerprint density at radius 3 is 2.36 bits per heavy atom. The van der Waals surface area contributed by atoms with E-state index in [0.717, 1.165) is 5.75 Å². The molecule has 1 amide bonds. The number of rotatable bonds is 5. The van der Waals surface area contributed by atoms with E-state index in [9.17, 15) is 9.59 Å². The van der Waals surface area contributed by atoms with Crippen LogP contribution in [0, 0.1) is 0 Å². The third-order valence-electron chi connectivity index (χ3n) is 4.20. The molecule has 0 N–H and O–H groups in total. The molecule has 3 rings (SSSR count). The number of carbonyl (C=O) groups excluding carboxylic acids is 2. The van der Waals surface area contributed by atoms with Crippen LogP contribution in [0.2, 0.25) is 5.02 Å². The van der Waals surface area contributed by atoms with Crippen molar-refractivity contribution in [3.63, 3.8) is 0 Å². The summed E-state index contributed by atoms with van der Waals surface area (Å²) in [6.45, 7) is 5.22. The maximum Gasteiger partial charge on any atom is 0.273 e. The number of thioether (sulfide) groups is 1. The molecular formula is C21H21ClN2O3S. The summed E-state index contributed by atoms with van der Waals surface area (Å²) < 4.78 is 5.83. The molecule has 2 aromatic carbocycles. The first-order valence-corrected chi connectivity index (χ1v) is 10.3. The molecular weight excluding hydrogens is 396 g/mol. The molecule has 146 valence electrons. The van der Waals surface area contributed by atoms with Crippen molar-refractivity contribution in [2.75, 3.05) is 10.7 Å². The van der Waals surface area contributed by atoms with Crippen molar-refractivity contribution in [2.24, 2.45) is 4.99 Å². The highest BCUT2D eigenvalue weighted by Gasteiger charge is 2.30. The van der Waals surface area contributed by atoms with Crippen LogP contribution in [0.1, 0.15) is 31.1 Å². The fraction of sp³-hybridized carbons (Fsp3) is 0.286. The normalized spacial score (nSPS) is 17.0. The molecule has 0 saturated carbocycles. The van der Waals surface area contributed by atoms with Gasteiger partial charge in [0.25, 0.3) is 5.91 Å². The van der Waals surface area contributed by atoms with E-state index in [1.54, 1.807) is 72.1 Å². The van der Waals surface area contributed by atoms with Crippen LogP contribution < -0.4 is 9.64 Å². The lowest BCUT2D eigenvalue weighted by molar-refractivity contribution is -0.123. The second kappa shape index (κ2) is 8.80. The van der Waals surface area contributed by atoms with Gasteiger partial charge in [0, 0.05) is 16.3 Å². The third kappa shape index (κ3) is 4.75. The van der Waals surface area contributed by atoms with Gasteiger partial charge in [0.2, 0.25) is 0 Å². The van der Waals surface area contributed by atoms with Crippen LogP contribution in [0.5, 0.6) is 5.75 Å². The monoisotopic (exact) mass is 416 g/mol. The molecule has 0 fully saturated rings. The number of anilines is 1. The first-order chi connectivity index (χ1) is 13.3. The SMILES string of the molecule is CC(=O)c1ccc(O[C@H](C)C(=O)N(C2=N[C@H](C)CS2)c2ccc(Cl)cc2)cc1. The Morgan fingerprint density at radius 1 is 1.18 bits per heavy atom. The highest BCUT2D eigenvalue weighted by Crippen LogP contribution is 2.28. The van der Waals surface area contributed by atoms with Crippen molar-refractivity contribution in [3.05, 3.63) is 59.1 Å². The first kappa shape index (κ1) is 20.4. The highest BCUT2D eigenvalue weighted by atomic mass is 35.5. The molecule has 0 radical (unpaired) electrons. The van der Waals surface area contributed by atoms with Gasteiger partial charge in [0.1, 0.15) is 5.75 Å². The van der Waals surface area contributed by atoms with Gasteiger partial charge in [-0.05, 0) is 69.3 Å². The predicted octanol–water partition coefficient (Wildman–Crippen LogP) is 4.83. The Hall–Kier alpha value is -2.31. The number of hydrogen-bond donors (Lipinski definition) is 0. The summed E-state index contributed by atoms with van der Waals surface area (Å²) >= 11 is 7.54. The van der Waals surface area contributed by atoms with Gasteiger partial charge < -0.3 is 4.74 Å². The van der Waals surface area contributed by atoms with E-state index >= 15 is 0 Å². The van der Waals surface area contributed by atoms with Crippen LogP contribution in [0.4, 0.5) is 5.69 Å². The first-order valence-electron chi connectivity index (χ1n) is 8.93. The molecule has 2 atom stereocenters. The largest absolute Gasteiger partial charge is 0.481 e. The van der Waals surface area contributed by atoms with E-state index < -0.39 is 6.10 Å². The summed E-state index contributed by atoms with van der Waals surface area (Å²) in [6.07, 6.45) is -0.738. The molecule has 0 saturated heterocycles. The molecule has 7 heteroatoms. The summed E-state index contributed by atoms with van der Waals surface area (Å²) in [5.74, 6) is 1.11. The van der Waals surface area contributed by atoms with Gasteiger partial charge in [-0.3, -0.25) is 19.5 Å². The van der Waals surface area contributed by atoms with Gasteiger partial charge >= 0.3 is 0 Å². The molecule has 1 aliphatic rings. The average Bonchev–Trinajstić information content (AvgIpc) is 3.09. The zero-order valence-corrected chi connectivity index (χ0v) is 17.5. The standard InChI is InChI=1S/C21H21ClN2O3S/c1-13-12-28-21(23-13)24(18-8-6-17(22)7-9-18)20(26)15(3)27-19-10-4-16(5-11-19)14(2)25/h4-11,13,15H,12H2,1-3H3/t13-,15-/m1/s1. The number of Topliss-reactive ketones (excluding diaryl/α,β-unsaturated/α-hetero) is 1. The van der Waals surface area contributed by atoms with Gasteiger partial charge in [-0.15, -0.1) is 0 Å². The minimum atomic E-state index is -0.738. The van der Waals surface area contributed by atoms with Crippen molar-refractivity contribution < 1.29 is 14.3 Å². The van der Waals surface area contributed by atoms with E-state index in [1.807, 2.05) is 6.92 Å². The fourth-order valence-corrected chi connectivity index (χ4v) is 3.88. The lowest BCUT2D eigenvalue weighted by Gasteiger charge is -2.25. The Kier molecular flexibility index (Phi) is 6.42. The smallest absolute Gasteiger partial charge is 0.273 e. The molecule has 1 heterocycles. The second-order valence-corrected chi connectivity index (χ2v) is 7.99. The Labute approximate surface area is 173 Å². The zero-order valence-electron chi connectivity index (χ0n) is 15.9. The lowest BCUT2D eigenvalue weighted by atomic mass is 10.1. The summed E-state index contributed by atoms with van der Waals surface area (Å²) in [6, 6.07) is 14.0. The Balaban J connectivity index is 1.82. The number of hydrogen-bond acceptors (Lipinski definition) is 5. The zero-order chi connectivity index (χ0) is 20.3. The second-order valence-electron chi connectivity index (χ2n) is 6.56. The number of amides is 1. The summed E-state index contributed by atoms with van der Waals surface area (Å²) in [5, 5.41) is 1.25. The van der Waals surface area contributed by atoms with Gasteiger partial charge in [-0.1, -0.05) is 23.4 Å². The maximum atomic E-state index is 13.2. The number of halogens is 1. The van der Waals surface area contributed by atoms with Gasteiger partial charge in [-0.25, -0.2) is 0 Å². The summed E-state index contributed by atoms with van der Waals surface area (Å²) in [5.41, 5.74) is 1.29. The van der Waals surface area contributed by atoms with Crippen LogP contribution in [-0.4, -0.2) is 34.8 Å². The summed E-state index contributed by atoms with van der Waals surface area (Å²) in [7, 11) is 0. The number of ketones is 1. The number of carbonyl (C=O) groups is 2. The van der Waals surface area contributed by atoms with Crippen LogP contribution >= 0.6 is 23.4 Å². The quantitative estimate of drug-likeness (QED) is 0.654. The third-order valence-corrected chi connectivity index (χ3v) is 5.65. The summed E-state index contributed by atoms with van der Waals surface area (Å²) in [4.78, 5) is 30.8. The van der Waals surface area contributed by atoms with Crippen molar-refractivity contribution in [1.82, 2.24) is 0 Å². The van der Waals surface area contributed by atoms with Gasteiger partial charge in [0.05, 0.1) is 11.7 Å². The molecule has 0 aliphatic carbocycles. The van der Waals surface area contributed by atoms with Crippen molar-refractivity contribution in [1.29, 1.82) is 0 Å². The molecule has 0 bridgehead atoms. The van der Waals surface area contributed by atoms with E-state index in [-0.39, 0.29) is 17.7 Å². The van der Waals surface area contributed by atoms with Gasteiger partial charge in [0.15, 0.2) is 17.1 Å². The number of amidine groups is 1. The molecule has 5 nitrogen and oxygen atoms in total. The fourth-order valence-electron chi connectivity index (χ4n) is 2.71. The number of aliphatic imine (C=N–C) groups is 1. The maximum absolute atomic E-state index is 13.2. The molecule has 0 aromatic heterocycles. The van der Waals surface area contributed by atoms with E-state index in [2.05, 4.69) is 4.99 Å². The van der Waals surface area contributed by atoms with Crippen molar-refractivity contribution >= 4 is 45.9 Å². The highest BCUT2D eigenvalue weighted by molar-refractivity contribution is 8.14. The van der Waals surface area contributed by atoms with Crippen LogP contribution in [0.3, 0.4) is 0 Å². The van der Waals surface area contributed by atoms with Crippen molar-refractivity contribution in [2.45, 2.75) is 32.9 Å².